The molecule has 188 valence electrons. The number of carbonyl (C=O) groups is 1. The average Bonchev–Trinajstić information content (AvgIpc) is 2.84. The predicted octanol–water partition coefficient (Wildman–Crippen LogP) is 6.33. The van der Waals surface area contributed by atoms with E-state index in [0.717, 1.165) is 17.7 Å². The molecule has 0 saturated heterocycles. The first-order chi connectivity index (χ1) is 16.5. The Morgan fingerprint density at radius 1 is 1.03 bits per heavy atom. The summed E-state index contributed by atoms with van der Waals surface area (Å²) in [5.74, 6) is -1.06. The minimum absolute atomic E-state index is 0.141. The Balaban J connectivity index is 0.00000210. The lowest BCUT2D eigenvalue weighted by Gasteiger charge is -2.18. The zero-order valence-electron chi connectivity index (χ0n) is 19.9. The topological polar surface area (TPSA) is 66.8 Å². The lowest BCUT2D eigenvalue weighted by atomic mass is 9.99. The number of benzene rings is 3. The van der Waals surface area contributed by atoms with Gasteiger partial charge in [0.1, 0.15) is 16.7 Å². The number of hydrogen-bond donors (Lipinski definition) is 1. The van der Waals surface area contributed by atoms with E-state index in [1.165, 1.54) is 18.2 Å². The summed E-state index contributed by atoms with van der Waals surface area (Å²) < 4.78 is 59.4. The van der Waals surface area contributed by atoms with E-state index in [1.54, 1.807) is 35.6 Å². The van der Waals surface area contributed by atoms with E-state index in [9.17, 15) is 22.2 Å². The maximum absolute atomic E-state index is 13.2. The fourth-order valence-corrected chi connectivity index (χ4v) is 4.17. The highest BCUT2D eigenvalue weighted by Gasteiger charge is 2.30. The molecule has 0 radical (unpaired) electrons. The molecule has 3 aromatic carbocycles. The summed E-state index contributed by atoms with van der Waals surface area (Å²) in [6.07, 6.45) is -4.53. The molecule has 1 N–H and O–H groups in total. The third kappa shape index (κ3) is 7.93. The first-order valence-corrected chi connectivity index (χ1v) is 12.0. The van der Waals surface area contributed by atoms with Gasteiger partial charge in [0.25, 0.3) is 0 Å². The van der Waals surface area contributed by atoms with Crippen LogP contribution in [-0.2, 0) is 28.5 Å². The summed E-state index contributed by atoms with van der Waals surface area (Å²) >= 11 is 0. The highest BCUT2D eigenvalue weighted by molar-refractivity contribution is 7.82. The average molecular weight is 508 g/mol. The fraction of sp³-hybridized carbons (Fsp3) is 0.269. The first-order valence-electron chi connectivity index (χ1n) is 10.9. The molecule has 5 nitrogen and oxygen atoms in total. The normalized spacial score (nSPS) is 12.0. The van der Waals surface area contributed by atoms with Gasteiger partial charge in [0.05, 0.1) is 10.5 Å². The van der Waals surface area contributed by atoms with Gasteiger partial charge in [-0.2, -0.15) is 13.2 Å². The summed E-state index contributed by atoms with van der Waals surface area (Å²) in [6, 6.07) is 16.8. The van der Waals surface area contributed by atoms with Crippen molar-refractivity contribution >= 4 is 17.0 Å². The van der Waals surface area contributed by atoms with Crippen molar-refractivity contribution in [2.45, 2.75) is 38.4 Å². The Morgan fingerprint density at radius 3 is 2.29 bits per heavy atom. The van der Waals surface area contributed by atoms with Crippen molar-refractivity contribution < 1.29 is 32.0 Å². The molecule has 3 aromatic rings. The van der Waals surface area contributed by atoms with E-state index < -0.39 is 35.3 Å². The Labute approximate surface area is 205 Å². The van der Waals surface area contributed by atoms with Gasteiger partial charge in [-0.05, 0) is 54.4 Å². The van der Waals surface area contributed by atoms with E-state index in [1.807, 2.05) is 32.9 Å². The van der Waals surface area contributed by atoms with E-state index in [-0.39, 0.29) is 17.9 Å². The Kier molecular flexibility index (Phi) is 10.0. The standard InChI is InChI=1S/C24H22F3NO4S.C2H6/c1-16-6-9-20(10-7-16)33(31)28(2)14-17-8-11-22(32-15-23(29)30)21(12-17)18-4-3-5-19(13-18)24(25,26)27;1-2/h3-13H,14-15H2,1-2H3,(H,29,30);1-2H3. The lowest BCUT2D eigenvalue weighted by Crippen LogP contribution is -2.21. The number of aryl methyl sites for hydroxylation is 1. The lowest BCUT2D eigenvalue weighted by molar-refractivity contribution is -0.139. The van der Waals surface area contributed by atoms with E-state index in [4.69, 9.17) is 9.84 Å². The van der Waals surface area contributed by atoms with Crippen LogP contribution in [0.5, 0.6) is 5.75 Å². The van der Waals surface area contributed by atoms with Crippen molar-refractivity contribution in [3.63, 3.8) is 0 Å². The van der Waals surface area contributed by atoms with Gasteiger partial charge in [0.2, 0.25) is 0 Å². The molecule has 0 bridgehead atoms. The molecule has 0 aromatic heterocycles. The molecule has 0 heterocycles. The van der Waals surface area contributed by atoms with Crippen LogP contribution in [0.2, 0.25) is 0 Å². The number of nitrogens with zero attached hydrogens (tertiary/aromatic N) is 1. The third-order valence-electron chi connectivity index (χ3n) is 4.81. The van der Waals surface area contributed by atoms with Crippen molar-refractivity contribution in [3.05, 3.63) is 83.4 Å². The SMILES string of the molecule is CC.Cc1ccc(S(=O)N(C)Cc2ccc(OCC(=O)O)c(-c3cccc(C(F)(F)F)c3)c2)cc1. The van der Waals surface area contributed by atoms with Crippen LogP contribution >= 0.6 is 0 Å². The number of alkyl halides is 3. The number of carboxylic acid groups (broad SMARTS) is 1. The number of aliphatic carboxylic acids is 1. The molecule has 0 aliphatic rings. The van der Waals surface area contributed by atoms with Crippen LogP contribution in [0.4, 0.5) is 13.2 Å². The first kappa shape index (κ1) is 28.1. The minimum Gasteiger partial charge on any atom is -0.481 e. The molecule has 0 amide bonds. The Morgan fingerprint density at radius 2 is 1.69 bits per heavy atom. The second kappa shape index (κ2) is 12.5. The van der Waals surface area contributed by atoms with Crippen LogP contribution in [0.1, 0.15) is 30.5 Å². The summed E-state index contributed by atoms with van der Waals surface area (Å²) in [5, 5.41) is 8.93. The van der Waals surface area contributed by atoms with E-state index in [0.29, 0.717) is 16.0 Å². The largest absolute Gasteiger partial charge is 0.481 e. The zero-order chi connectivity index (χ0) is 26.2. The number of carboxylic acids is 1. The Bertz CT molecular complexity index is 1160. The van der Waals surface area contributed by atoms with Crippen molar-refractivity contribution in [2.24, 2.45) is 0 Å². The van der Waals surface area contributed by atoms with Crippen LogP contribution in [0, 0.1) is 6.92 Å². The monoisotopic (exact) mass is 507 g/mol. The van der Waals surface area contributed by atoms with Gasteiger partial charge >= 0.3 is 12.1 Å². The maximum Gasteiger partial charge on any atom is 0.416 e. The Hall–Kier alpha value is -3.17. The van der Waals surface area contributed by atoms with Crippen molar-refractivity contribution in [2.75, 3.05) is 13.7 Å². The summed E-state index contributed by atoms with van der Waals surface area (Å²) in [6.45, 7) is 5.54. The summed E-state index contributed by atoms with van der Waals surface area (Å²) in [7, 11) is 0.233. The van der Waals surface area contributed by atoms with Gasteiger partial charge in [-0.25, -0.2) is 13.3 Å². The molecule has 0 aliphatic heterocycles. The molecular formula is C26H28F3NO4S. The highest BCUT2D eigenvalue weighted by Crippen LogP contribution is 2.36. The van der Waals surface area contributed by atoms with Crippen LogP contribution in [-0.4, -0.2) is 33.2 Å². The second-order valence-electron chi connectivity index (χ2n) is 7.44. The molecule has 0 saturated carbocycles. The van der Waals surface area contributed by atoms with Crippen LogP contribution in [0.15, 0.2) is 71.6 Å². The van der Waals surface area contributed by atoms with Crippen molar-refractivity contribution in [1.29, 1.82) is 0 Å². The minimum atomic E-state index is -4.53. The van der Waals surface area contributed by atoms with Crippen LogP contribution in [0.25, 0.3) is 11.1 Å². The maximum atomic E-state index is 13.2. The molecular weight excluding hydrogens is 479 g/mol. The van der Waals surface area contributed by atoms with E-state index >= 15 is 0 Å². The van der Waals surface area contributed by atoms with Gasteiger partial charge < -0.3 is 9.84 Å². The molecule has 9 heteroatoms. The van der Waals surface area contributed by atoms with E-state index in [2.05, 4.69) is 0 Å². The van der Waals surface area contributed by atoms with Gasteiger partial charge in [-0.15, -0.1) is 0 Å². The number of hydrogen-bond acceptors (Lipinski definition) is 3. The summed E-state index contributed by atoms with van der Waals surface area (Å²) in [4.78, 5) is 11.6. The van der Waals surface area contributed by atoms with Crippen LogP contribution in [0.3, 0.4) is 0 Å². The highest BCUT2D eigenvalue weighted by atomic mass is 32.2. The molecule has 1 atom stereocenters. The summed E-state index contributed by atoms with van der Waals surface area (Å²) in [5.41, 5.74) is 1.44. The quantitative estimate of drug-likeness (QED) is 0.387. The third-order valence-corrected chi connectivity index (χ3v) is 6.18. The van der Waals surface area contributed by atoms with Gasteiger partial charge in [-0.1, -0.05) is 49.7 Å². The zero-order valence-corrected chi connectivity index (χ0v) is 20.7. The second-order valence-corrected chi connectivity index (χ2v) is 9.03. The molecule has 0 aliphatic carbocycles. The molecule has 3 rings (SSSR count). The molecule has 35 heavy (non-hydrogen) atoms. The number of ether oxygens (including phenoxy) is 1. The van der Waals surface area contributed by atoms with Gasteiger partial charge in [-0.3, -0.25) is 0 Å². The molecule has 0 fully saturated rings. The van der Waals surface area contributed by atoms with Crippen molar-refractivity contribution in [1.82, 2.24) is 4.31 Å². The molecule has 1 unspecified atom stereocenters. The van der Waals surface area contributed by atoms with Crippen LogP contribution < -0.4 is 4.74 Å². The predicted molar refractivity (Wildman–Crippen MR) is 130 cm³/mol. The van der Waals surface area contributed by atoms with Gasteiger partial charge in [0, 0.05) is 19.2 Å². The fourth-order valence-electron chi connectivity index (χ4n) is 3.18. The van der Waals surface area contributed by atoms with Crippen molar-refractivity contribution in [3.8, 4) is 16.9 Å². The molecule has 0 spiro atoms. The van der Waals surface area contributed by atoms with Gasteiger partial charge in [0.15, 0.2) is 6.61 Å². The number of halogens is 3. The smallest absolute Gasteiger partial charge is 0.416 e. The number of rotatable bonds is 8.